The number of benzene rings is 1. The van der Waals surface area contributed by atoms with E-state index in [1.54, 1.807) is 17.0 Å². The molecule has 3 rings (SSSR count). The van der Waals surface area contributed by atoms with Crippen molar-refractivity contribution in [3.63, 3.8) is 0 Å². The molecule has 0 aliphatic carbocycles. The van der Waals surface area contributed by atoms with Gasteiger partial charge in [0.1, 0.15) is 6.54 Å². The van der Waals surface area contributed by atoms with Crippen LogP contribution in [0.1, 0.15) is 24.3 Å². The van der Waals surface area contributed by atoms with E-state index < -0.39 is 11.5 Å². The monoisotopic (exact) mass is 345 g/mol. The predicted molar refractivity (Wildman–Crippen MR) is 89.6 cm³/mol. The first-order valence-corrected chi connectivity index (χ1v) is 8.03. The Bertz CT molecular complexity index is 881. The van der Waals surface area contributed by atoms with Crippen molar-refractivity contribution >= 4 is 22.6 Å². The second-order valence-corrected chi connectivity index (χ2v) is 6.22. The Morgan fingerprint density at radius 1 is 1.20 bits per heavy atom. The van der Waals surface area contributed by atoms with Crippen LogP contribution < -0.4 is 5.56 Å². The number of aromatic carboxylic acids is 1. The Morgan fingerprint density at radius 2 is 1.80 bits per heavy atom. The van der Waals surface area contributed by atoms with E-state index in [0.717, 1.165) is 4.68 Å². The van der Waals surface area contributed by atoms with Crippen LogP contribution in [0.15, 0.2) is 29.1 Å². The summed E-state index contributed by atoms with van der Waals surface area (Å²) in [5.74, 6) is -1.53. The molecule has 1 aromatic carbocycles. The predicted octanol–water partition coefficient (Wildman–Crippen LogP) is 0.730. The Hall–Kier alpha value is -2.74. The smallest absolute Gasteiger partial charge is 0.357 e. The van der Waals surface area contributed by atoms with E-state index in [9.17, 15) is 19.5 Å². The van der Waals surface area contributed by atoms with Gasteiger partial charge in [0, 0.05) is 18.5 Å². The van der Waals surface area contributed by atoms with Crippen LogP contribution in [0.25, 0.3) is 10.8 Å². The maximum absolute atomic E-state index is 12.6. The summed E-state index contributed by atoms with van der Waals surface area (Å²) < 4.78 is 6.52. The summed E-state index contributed by atoms with van der Waals surface area (Å²) in [6.07, 6.45) is -0.188. The Labute approximate surface area is 143 Å². The van der Waals surface area contributed by atoms with Crippen LogP contribution >= 0.6 is 0 Å². The van der Waals surface area contributed by atoms with E-state index in [0.29, 0.717) is 13.1 Å². The third-order valence-corrected chi connectivity index (χ3v) is 4.13. The average Bonchev–Trinajstić information content (AvgIpc) is 2.56. The second-order valence-electron chi connectivity index (χ2n) is 6.22. The maximum Gasteiger partial charge on any atom is 0.357 e. The zero-order valence-corrected chi connectivity index (χ0v) is 14.0. The first kappa shape index (κ1) is 17.1. The summed E-state index contributed by atoms with van der Waals surface area (Å²) >= 11 is 0. The first-order valence-electron chi connectivity index (χ1n) is 8.03. The molecular formula is C17H19N3O5. The normalized spacial score (nSPS) is 20.6. The van der Waals surface area contributed by atoms with Gasteiger partial charge in [-0.05, 0) is 19.9 Å². The van der Waals surface area contributed by atoms with Crippen LogP contribution in [0.3, 0.4) is 0 Å². The topological polar surface area (TPSA) is 102 Å². The molecule has 0 radical (unpaired) electrons. The number of hydrogen-bond acceptors (Lipinski definition) is 5. The van der Waals surface area contributed by atoms with Gasteiger partial charge in [0.15, 0.2) is 5.69 Å². The summed E-state index contributed by atoms with van der Waals surface area (Å²) in [4.78, 5) is 38.2. The zero-order valence-electron chi connectivity index (χ0n) is 14.0. The number of nitrogens with zero attached hydrogens (tertiary/aromatic N) is 3. The number of rotatable bonds is 3. The van der Waals surface area contributed by atoms with Gasteiger partial charge in [-0.2, -0.15) is 5.10 Å². The van der Waals surface area contributed by atoms with Crippen molar-refractivity contribution < 1.29 is 19.4 Å². The molecule has 0 bridgehead atoms. The molecule has 1 aromatic heterocycles. The van der Waals surface area contributed by atoms with Crippen molar-refractivity contribution in [2.75, 3.05) is 13.1 Å². The summed E-state index contributed by atoms with van der Waals surface area (Å²) in [5.41, 5.74) is -0.727. The first-order chi connectivity index (χ1) is 11.9. The number of carboxylic acids is 1. The molecule has 132 valence electrons. The van der Waals surface area contributed by atoms with Gasteiger partial charge < -0.3 is 14.7 Å². The van der Waals surface area contributed by atoms with Crippen molar-refractivity contribution in [2.45, 2.75) is 32.6 Å². The van der Waals surface area contributed by atoms with Crippen LogP contribution in [-0.4, -0.2) is 57.0 Å². The number of carbonyl (C=O) groups is 2. The average molecular weight is 345 g/mol. The number of aromatic nitrogens is 2. The number of fused-ring (bicyclic) bond motifs is 1. The van der Waals surface area contributed by atoms with Crippen molar-refractivity contribution in [1.82, 2.24) is 14.7 Å². The Kier molecular flexibility index (Phi) is 4.54. The van der Waals surface area contributed by atoms with Gasteiger partial charge in [-0.25, -0.2) is 9.48 Å². The van der Waals surface area contributed by atoms with Crippen LogP contribution in [0.2, 0.25) is 0 Å². The molecule has 1 amide bonds. The van der Waals surface area contributed by atoms with Crippen molar-refractivity contribution in [3.8, 4) is 0 Å². The number of carboxylic acid groups (broad SMARTS) is 1. The second kappa shape index (κ2) is 6.64. The lowest BCUT2D eigenvalue weighted by atomic mass is 10.1. The fourth-order valence-corrected chi connectivity index (χ4v) is 3.11. The molecule has 2 aromatic rings. The standard InChI is InChI=1S/C17H19N3O5/c1-10-7-19(8-11(2)25-10)14(21)9-20-16(22)13-6-4-3-5-12(13)15(18-20)17(23)24/h3-6,10-11H,7-9H2,1-2H3,(H,23,24)/t10-,11-/m0/s1. The molecular weight excluding hydrogens is 326 g/mol. The van der Waals surface area contributed by atoms with Gasteiger partial charge in [-0.15, -0.1) is 0 Å². The molecule has 8 heteroatoms. The molecule has 1 saturated heterocycles. The summed E-state index contributed by atoms with van der Waals surface area (Å²) in [6, 6.07) is 6.35. The maximum atomic E-state index is 12.6. The fraction of sp³-hybridized carbons (Fsp3) is 0.412. The molecule has 0 unspecified atom stereocenters. The lowest BCUT2D eigenvalue weighted by molar-refractivity contribution is -0.144. The van der Waals surface area contributed by atoms with Crippen LogP contribution in [0.4, 0.5) is 0 Å². The molecule has 1 aliphatic rings. The van der Waals surface area contributed by atoms with Crippen LogP contribution in [-0.2, 0) is 16.1 Å². The van der Waals surface area contributed by atoms with E-state index in [4.69, 9.17) is 4.74 Å². The van der Waals surface area contributed by atoms with E-state index in [1.807, 2.05) is 13.8 Å². The van der Waals surface area contributed by atoms with E-state index >= 15 is 0 Å². The molecule has 1 N–H and O–H groups in total. The van der Waals surface area contributed by atoms with Gasteiger partial charge in [0.25, 0.3) is 5.56 Å². The van der Waals surface area contributed by atoms with Crippen molar-refractivity contribution in [2.24, 2.45) is 0 Å². The summed E-state index contributed by atoms with van der Waals surface area (Å²) in [6.45, 7) is 4.30. The van der Waals surface area contributed by atoms with Crippen LogP contribution in [0.5, 0.6) is 0 Å². The largest absolute Gasteiger partial charge is 0.476 e. The Morgan fingerprint density at radius 3 is 2.40 bits per heavy atom. The molecule has 8 nitrogen and oxygen atoms in total. The Balaban J connectivity index is 1.96. The fourth-order valence-electron chi connectivity index (χ4n) is 3.11. The van der Waals surface area contributed by atoms with E-state index in [-0.39, 0.29) is 41.1 Å². The quantitative estimate of drug-likeness (QED) is 0.880. The minimum Gasteiger partial charge on any atom is -0.476 e. The van der Waals surface area contributed by atoms with Gasteiger partial charge >= 0.3 is 5.97 Å². The van der Waals surface area contributed by atoms with E-state index in [1.165, 1.54) is 12.1 Å². The summed E-state index contributed by atoms with van der Waals surface area (Å²) in [7, 11) is 0. The summed E-state index contributed by atoms with van der Waals surface area (Å²) in [5, 5.41) is 13.7. The number of ether oxygens (including phenoxy) is 1. The molecule has 0 saturated carbocycles. The molecule has 2 atom stereocenters. The number of amides is 1. The molecule has 1 fully saturated rings. The van der Waals surface area contributed by atoms with Crippen molar-refractivity contribution in [1.29, 1.82) is 0 Å². The van der Waals surface area contributed by atoms with Crippen LogP contribution in [0, 0.1) is 0 Å². The SMILES string of the molecule is C[C@H]1CN(C(=O)Cn2nc(C(=O)O)c3ccccc3c2=O)C[C@H](C)O1. The zero-order chi connectivity index (χ0) is 18.1. The van der Waals surface area contributed by atoms with Gasteiger partial charge in [-0.3, -0.25) is 9.59 Å². The third-order valence-electron chi connectivity index (χ3n) is 4.13. The number of hydrogen-bond donors (Lipinski definition) is 1. The van der Waals surface area contributed by atoms with Gasteiger partial charge in [-0.1, -0.05) is 18.2 Å². The lowest BCUT2D eigenvalue weighted by Gasteiger charge is -2.35. The van der Waals surface area contributed by atoms with E-state index in [2.05, 4.69) is 5.10 Å². The highest BCUT2D eigenvalue weighted by Gasteiger charge is 2.27. The minimum absolute atomic E-state index is 0.0939. The van der Waals surface area contributed by atoms with Gasteiger partial charge in [0.05, 0.1) is 17.6 Å². The molecule has 25 heavy (non-hydrogen) atoms. The number of morpholine rings is 1. The highest BCUT2D eigenvalue weighted by atomic mass is 16.5. The minimum atomic E-state index is -1.24. The molecule has 0 spiro atoms. The van der Waals surface area contributed by atoms with Gasteiger partial charge in [0.2, 0.25) is 5.91 Å². The highest BCUT2D eigenvalue weighted by Crippen LogP contribution is 2.14. The lowest BCUT2D eigenvalue weighted by Crippen LogP contribution is -2.49. The third kappa shape index (κ3) is 3.39. The molecule has 1 aliphatic heterocycles. The number of carbonyl (C=O) groups excluding carboxylic acids is 1. The highest BCUT2D eigenvalue weighted by molar-refractivity contribution is 6.01. The molecule has 2 heterocycles. The van der Waals surface area contributed by atoms with Crippen molar-refractivity contribution in [3.05, 3.63) is 40.3 Å².